The van der Waals surface area contributed by atoms with Gasteiger partial charge in [0.15, 0.2) is 0 Å². The van der Waals surface area contributed by atoms with Gasteiger partial charge in [-0.3, -0.25) is 9.59 Å². The van der Waals surface area contributed by atoms with E-state index in [-0.39, 0.29) is 11.9 Å². The van der Waals surface area contributed by atoms with E-state index in [2.05, 4.69) is 13.8 Å². The average molecular weight is 419 g/mol. The van der Waals surface area contributed by atoms with Gasteiger partial charge in [0.1, 0.15) is 0 Å². The smallest absolute Gasteiger partial charge is 0.305 e. The van der Waals surface area contributed by atoms with Gasteiger partial charge in [0.2, 0.25) is 0 Å². The second-order valence-corrected chi connectivity index (χ2v) is 8.18. The van der Waals surface area contributed by atoms with E-state index in [0.717, 1.165) is 57.8 Å². The van der Waals surface area contributed by atoms with E-state index in [1.807, 2.05) is 30.3 Å². The van der Waals surface area contributed by atoms with E-state index in [1.165, 1.54) is 18.4 Å². The Bertz CT molecular complexity index is 555. The molecule has 1 rings (SSSR count). The van der Waals surface area contributed by atoms with Gasteiger partial charge in [0, 0.05) is 19.3 Å². The molecule has 1 atom stereocenters. The maximum Gasteiger partial charge on any atom is 0.305 e. The summed E-state index contributed by atoms with van der Waals surface area (Å²) < 4.78 is 10.7. The Morgan fingerprint density at radius 2 is 1.40 bits per heavy atom. The molecule has 1 aromatic rings. The van der Waals surface area contributed by atoms with E-state index in [4.69, 9.17) is 9.47 Å². The van der Waals surface area contributed by atoms with Crippen LogP contribution in [0.5, 0.6) is 0 Å². The molecule has 4 heteroatoms. The van der Waals surface area contributed by atoms with Gasteiger partial charge in [-0.15, -0.1) is 0 Å². The zero-order valence-electron chi connectivity index (χ0n) is 19.2. The van der Waals surface area contributed by atoms with Crippen LogP contribution >= 0.6 is 0 Å². The lowest BCUT2D eigenvalue weighted by atomic mass is 10.0. The van der Waals surface area contributed by atoms with Crippen molar-refractivity contribution in [2.75, 3.05) is 13.2 Å². The van der Waals surface area contributed by atoms with Crippen LogP contribution in [0.2, 0.25) is 0 Å². The first-order valence-electron chi connectivity index (χ1n) is 12.0. The van der Waals surface area contributed by atoms with Gasteiger partial charge in [-0.25, -0.2) is 0 Å². The fraction of sp³-hybridized carbons (Fsp3) is 0.692. The van der Waals surface area contributed by atoms with Crippen molar-refractivity contribution in [3.63, 3.8) is 0 Å². The number of carbonyl (C=O) groups excluding carboxylic acids is 2. The Hall–Kier alpha value is -1.84. The summed E-state index contributed by atoms with van der Waals surface area (Å²) in [5, 5.41) is 0. The first-order valence-corrected chi connectivity index (χ1v) is 12.0. The SMILES string of the molecule is CCCCC(CC)COC(=O)CCCCCCCCC(=O)OCCc1ccccc1. The lowest BCUT2D eigenvalue weighted by Crippen LogP contribution is -2.13. The van der Waals surface area contributed by atoms with E-state index >= 15 is 0 Å². The van der Waals surface area contributed by atoms with Gasteiger partial charge < -0.3 is 9.47 Å². The monoisotopic (exact) mass is 418 g/mol. The Balaban J connectivity index is 1.90. The van der Waals surface area contributed by atoms with Crippen molar-refractivity contribution in [1.29, 1.82) is 0 Å². The molecule has 0 aliphatic rings. The maximum atomic E-state index is 11.9. The number of carbonyl (C=O) groups is 2. The van der Waals surface area contributed by atoms with Crippen LogP contribution in [0.1, 0.15) is 96.5 Å². The van der Waals surface area contributed by atoms with Crippen LogP contribution in [0, 0.1) is 5.92 Å². The summed E-state index contributed by atoms with van der Waals surface area (Å²) in [6.07, 6.45) is 12.5. The number of hydrogen-bond acceptors (Lipinski definition) is 4. The van der Waals surface area contributed by atoms with Crippen molar-refractivity contribution in [2.24, 2.45) is 5.92 Å². The minimum absolute atomic E-state index is 0.0526. The molecule has 0 N–H and O–H groups in total. The minimum Gasteiger partial charge on any atom is -0.465 e. The van der Waals surface area contributed by atoms with Crippen molar-refractivity contribution in [3.8, 4) is 0 Å². The molecule has 1 aromatic carbocycles. The molecule has 0 radical (unpaired) electrons. The van der Waals surface area contributed by atoms with Crippen molar-refractivity contribution in [1.82, 2.24) is 0 Å². The number of esters is 2. The van der Waals surface area contributed by atoms with Crippen molar-refractivity contribution in [3.05, 3.63) is 35.9 Å². The molecular formula is C26H42O4. The van der Waals surface area contributed by atoms with Crippen LogP contribution in [0.3, 0.4) is 0 Å². The Morgan fingerprint density at radius 3 is 2.00 bits per heavy atom. The van der Waals surface area contributed by atoms with Gasteiger partial charge in [-0.2, -0.15) is 0 Å². The average Bonchev–Trinajstić information content (AvgIpc) is 2.76. The third-order valence-corrected chi connectivity index (χ3v) is 5.53. The van der Waals surface area contributed by atoms with E-state index in [0.29, 0.717) is 32.0 Å². The number of rotatable bonds is 18. The lowest BCUT2D eigenvalue weighted by molar-refractivity contribution is -0.145. The van der Waals surface area contributed by atoms with Crippen molar-refractivity contribution >= 4 is 11.9 Å². The number of ether oxygens (including phenoxy) is 2. The molecular weight excluding hydrogens is 376 g/mol. The van der Waals surface area contributed by atoms with Crippen molar-refractivity contribution < 1.29 is 19.1 Å². The van der Waals surface area contributed by atoms with E-state index in [9.17, 15) is 9.59 Å². The van der Waals surface area contributed by atoms with Gasteiger partial charge in [0.05, 0.1) is 13.2 Å². The zero-order chi connectivity index (χ0) is 21.9. The maximum absolute atomic E-state index is 11.9. The Morgan fingerprint density at radius 1 is 0.800 bits per heavy atom. The molecule has 0 aliphatic heterocycles. The molecule has 170 valence electrons. The number of unbranched alkanes of at least 4 members (excludes halogenated alkanes) is 6. The molecule has 0 fully saturated rings. The second-order valence-electron chi connectivity index (χ2n) is 8.18. The summed E-state index contributed by atoms with van der Waals surface area (Å²) >= 11 is 0. The highest BCUT2D eigenvalue weighted by Crippen LogP contribution is 2.14. The highest BCUT2D eigenvalue weighted by atomic mass is 16.5. The van der Waals surface area contributed by atoms with Crippen LogP contribution in [-0.4, -0.2) is 25.2 Å². The largest absolute Gasteiger partial charge is 0.465 e. The van der Waals surface area contributed by atoms with Crippen molar-refractivity contribution in [2.45, 2.75) is 97.3 Å². The third-order valence-electron chi connectivity index (χ3n) is 5.53. The number of hydrogen-bond donors (Lipinski definition) is 0. The van der Waals surface area contributed by atoms with Gasteiger partial charge in [0.25, 0.3) is 0 Å². The fourth-order valence-electron chi connectivity index (χ4n) is 3.43. The molecule has 0 aliphatic carbocycles. The normalized spacial score (nSPS) is 11.8. The fourth-order valence-corrected chi connectivity index (χ4v) is 3.43. The summed E-state index contributed by atoms with van der Waals surface area (Å²) in [5.74, 6) is 0.361. The van der Waals surface area contributed by atoms with Crippen LogP contribution in [0.15, 0.2) is 30.3 Å². The highest BCUT2D eigenvalue weighted by molar-refractivity contribution is 5.69. The topological polar surface area (TPSA) is 52.6 Å². The molecule has 0 saturated heterocycles. The first kappa shape index (κ1) is 26.2. The van der Waals surface area contributed by atoms with Crippen LogP contribution in [0.25, 0.3) is 0 Å². The molecule has 0 aromatic heterocycles. The van der Waals surface area contributed by atoms with Crippen LogP contribution in [0.4, 0.5) is 0 Å². The molecule has 0 saturated carbocycles. The summed E-state index contributed by atoms with van der Waals surface area (Å²) in [6.45, 7) is 5.39. The first-order chi connectivity index (χ1) is 14.7. The van der Waals surface area contributed by atoms with E-state index in [1.54, 1.807) is 0 Å². The summed E-state index contributed by atoms with van der Waals surface area (Å²) in [4.78, 5) is 23.6. The molecule has 1 unspecified atom stereocenters. The summed E-state index contributed by atoms with van der Waals surface area (Å²) in [7, 11) is 0. The van der Waals surface area contributed by atoms with Gasteiger partial charge in [-0.05, 0) is 30.7 Å². The second kappa shape index (κ2) is 18.0. The molecule has 4 nitrogen and oxygen atoms in total. The molecule has 0 heterocycles. The Kier molecular flexibility index (Phi) is 15.7. The minimum atomic E-state index is -0.0991. The standard InChI is InChI=1S/C26H42O4/c1-3-5-15-23(4-2)22-30-26(28)19-14-9-7-6-8-13-18-25(27)29-21-20-24-16-11-10-12-17-24/h10-12,16-17,23H,3-9,13-15,18-22H2,1-2H3. The third kappa shape index (κ3) is 14.2. The molecule has 30 heavy (non-hydrogen) atoms. The van der Waals surface area contributed by atoms with Crippen LogP contribution in [-0.2, 0) is 25.5 Å². The molecule has 0 amide bonds. The quantitative estimate of drug-likeness (QED) is 0.198. The van der Waals surface area contributed by atoms with Gasteiger partial charge >= 0.3 is 11.9 Å². The highest BCUT2D eigenvalue weighted by Gasteiger charge is 2.10. The van der Waals surface area contributed by atoms with E-state index < -0.39 is 0 Å². The summed E-state index contributed by atoms with van der Waals surface area (Å²) in [5.41, 5.74) is 1.19. The summed E-state index contributed by atoms with van der Waals surface area (Å²) in [6, 6.07) is 10.1. The Labute approximate surface area is 183 Å². The predicted molar refractivity (Wildman–Crippen MR) is 122 cm³/mol. The number of benzene rings is 1. The zero-order valence-corrected chi connectivity index (χ0v) is 19.2. The van der Waals surface area contributed by atoms with Crippen LogP contribution < -0.4 is 0 Å². The molecule has 0 spiro atoms. The lowest BCUT2D eigenvalue weighted by Gasteiger charge is -2.14. The van der Waals surface area contributed by atoms with Gasteiger partial charge in [-0.1, -0.05) is 89.1 Å². The predicted octanol–water partition coefficient (Wildman–Crippen LogP) is 6.65. The molecule has 0 bridgehead atoms.